The predicted molar refractivity (Wildman–Crippen MR) is 104 cm³/mol. The van der Waals surface area contributed by atoms with Crippen molar-refractivity contribution in [2.45, 2.75) is 6.54 Å². The van der Waals surface area contributed by atoms with Gasteiger partial charge in [0.25, 0.3) is 0 Å². The van der Waals surface area contributed by atoms with Gasteiger partial charge in [0.15, 0.2) is 11.6 Å². The second-order valence-corrected chi connectivity index (χ2v) is 6.69. The first-order valence-electron chi connectivity index (χ1n) is 8.10. The Morgan fingerprint density at radius 3 is 2.04 bits per heavy atom. The first kappa shape index (κ1) is 15.8. The first-order valence-corrected chi connectivity index (χ1v) is 8.89. The van der Waals surface area contributed by atoms with E-state index < -0.39 is 0 Å². The van der Waals surface area contributed by atoms with Crippen LogP contribution >= 0.6 is 15.9 Å². The third-order valence-corrected chi connectivity index (χ3v) is 4.51. The van der Waals surface area contributed by atoms with Gasteiger partial charge < -0.3 is 0 Å². The van der Waals surface area contributed by atoms with Crippen LogP contribution in [0.25, 0.3) is 22.8 Å². The molecular formula is C21H16BrN3. The molecule has 0 spiro atoms. The average Bonchev–Trinajstić information content (AvgIpc) is 3.08. The van der Waals surface area contributed by atoms with Crippen LogP contribution in [-0.2, 0) is 6.54 Å². The second-order valence-electron chi connectivity index (χ2n) is 5.78. The molecule has 0 atom stereocenters. The van der Waals surface area contributed by atoms with Gasteiger partial charge in [-0.05, 0) is 17.7 Å². The van der Waals surface area contributed by atoms with Gasteiger partial charge in [0.1, 0.15) is 0 Å². The Bertz CT molecular complexity index is 961. The Balaban J connectivity index is 1.79. The third-order valence-electron chi connectivity index (χ3n) is 3.98. The SMILES string of the molecule is Brc1ccc(-c2nc(-c3ccccc3)n(Cc3ccccc3)n2)cc1. The fraction of sp³-hybridized carbons (Fsp3) is 0.0476. The van der Waals surface area contributed by atoms with Crippen LogP contribution in [0.5, 0.6) is 0 Å². The van der Waals surface area contributed by atoms with Crippen LogP contribution in [-0.4, -0.2) is 14.8 Å². The monoisotopic (exact) mass is 389 g/mol. The van der Waals surface area contributed by atoms with Crippen LogP contribution in [0.2, 0.25) is 0 Å². The Kier molecular flexibility index (Phi) is 4.44. The lowest BCUT2D eigenvalue weighted by Gasteiger charge is -2.06. The van der Waals surface area contributed by atoms with Gasteiger partial charge in [-0.25, -0.2) is 9.67 Å². The Labute approximate surface area is 155 Å². The van der Waals surface area contributed by atoms with Crippen molar-refractivity contribution in [2.75, 3.05) is 0 Å². The van der Waals surface area contributed by atoms with Gasteiger partial charge in [-0.2, -0.15) is 5.10 Å². The summed E-state index contributed by atoms with van der Waals surface area (Å²) in [4.78, 5) is 4.81. The summed E-state index contributed by atoms with van der Waals surface area (Å²) in [5.74, 6) is 1.62. The van der Waals surface area contributed by atoms with Gasteiger partial charge >= 0.3 is 0 Å². The summed E-state index contributed by atoms with van der Waals surface area (Å²) in [6.07, 6.45) is 0. The molecule has 122 valence electrons. The van der Waals surface area contributed by atoms with E-state index in [-0.39, 0.29) is 0 Å². The molecule has 0 fully saturated rings. The zero-order valence-electron chi connectivity index (χ0n) is 13.5. The number of rotatable bonds is 4. The van der Waals surface area contributed by atoms with E-state index in [1.54, 1.807) is 0 Å². The molecule has 3 aromatic carbocycles. The molecule has 0 N–H and O–H groups in total. The lowest BCUT2D eigenvalue weighted by atomic mass is 10.2. The fourth-order valence-corrected chi connectivity index (χ4v) is 3.00. The van der Waals surface area contributed by atoms with Crippen LogP contribution in [0.3, 0.4) is 0 Å². The van der Waals surface area contributed by atoms with Crippen molar-refractivity contribution in [3.63, 3.8) is 0 Å². The molecule has 0 bridgehead atoms. The van der Waals surface area contributed by atoms with Crippen LogP contribution < -0.4 is 0 Å². The van der Waals surface area contributed by atoms with E-state index in [4.69, 9.17) is 10.1 Å². The zero-order valence-corrected chi connectivity index (χ0v) is 15.1. The van der Waals surface area contributed by atoms with E-state index in [0.717, 1.165) is 27.2 Å². The molecule has 0 aliphatic carbocycles. The number of nitrogens with zero attached hydrogens (tertiary/aromatic N) is 3. The molecule has 0 unspecified atom stereocenters. The minimum absolute atomic E-state index is 0.689. The topological polar surface area (TPSA) is 30.7 Å². The molecule has 0 saturated heterocycles. The highest BCUT2D eigenvalue weighted by molar-refractivity contribution is 9.10. The van der Waals surface area contributed by atoms with E-state index in [2.05, 4.69) is 40.2 Å². The molecule has 0 aliphatic rings. The van der Waals surface area contributed by atoms with Gasteiger partial charge in [-0.15, -0.1) is 0 Å². The predicted octanol–water partition coefficient (Wildman–Crippen LogP) is 5.42. The van der Waals surface area contributed by atoms with E-state index in [0.29, 0.717) is 6.54 Å². The summed E-state index contributed by atoms with van der Waals surface area (Å²) >= 11 is 3.47. The maximum atomic E-state index is 4.81. The van der Waals surface area contributed by atoms with Gasteiger partial charge in [0.05, 0.1) is 6.54 Å². The van der Waals surface area contributed by atoms with Crippen molar-refractivity contribution in [2.24, 2.45) is 0 Å². The summed E-state index contributed by atoms with van der Waals surface area (Å²) < 4.78 is 3.02. The summed E-state index contributed by atoms with van der Waals surface area (Å²) in [5, 5.41) is 4.77. The van der Waals surface area contributed by atoms with Crippen LogP contribution in [0, 0.1) is 0 Å². The maximum absolute atomic E-state index is 4.81. The Morgan fingerprint density at radius 2 is 1.36 bits per heavy atom. The maximum Gasteiger partial charge on any atom is 0.181 e. The molecule has 4 rings (SSSR count). The van der Waals surface area contributed by atoms with E-state index in [1.165, 1.54) is 5.56 Å². The number of benzene rings is 3. The molecule has 25 heavy (non-hydrogen) atoms. The van der Waals surface area contributed by atoms with Crippen molar-refractivity contribution >= 4 is 15.9 Å². The number of hydrogen-bond acceptors (Lipinski definition) is 2. The summed E-state index contributed by atoms with van der Waals surface area (Å²) in [5.41, 5.74) is 3.27. The van der Waals surface area contributed by atoms with E-state index >= 15 is 0 Å². The molecular weight excluding hydrogens is 374 g/mol. The standard InChI is InChI=1S/C21H16BrN3/c22-19-13-11-17(12-14-19)20-23-21(18-9-5-2-6-10-18)25(24-20)15-16-7-3-1-4-8-16/h1-14H,15H2. The molecule has 0 aliphatic heterocycles. The largest absolute Gasteiger partial charge is 0.241 e. The van der Waals surface area contributed by atoms with Gasteiger partial charge in [-0.1, -0.05) is 88.7 Å². The van der Waals surface area contributed by atoms with Crippen LogP contribution in [0.1, 0.15) is 5.56 Å². The molecule has 0 radical (unpaired) electrons. The van der Waals surface area contributed by atoms with Crippen molar-refractivity contribution < 1.29 is 0 Å². The molecule has 0 amide bonds. The van der Waals surface area contributed by atoms with Gasteiger partial charge in [0.2, 0.25) is 0 Å². The smallest absolute Gasteiger partial charge is 0.181 e. The molecule has 4 heteroatoms. The second kappa shape index (κ2) is 7.03. The Morgan fingerprint density at radius 1 is 0.720 bits per heavy atom. The molecule has 3 nitrogen and oxygen atoms in total. The van der Waals surface area contributed by atoms with Crippen molar-refractivity contribution in [3.8, 4) is 22.8 Å². The normalized spacial score (nSPS) is 10.8. The minimum Gasteiger partial charge on any atom is -0.241 e. The molecule has 4 aromatic rings. The van der Waals surface area contributed by atoms with Crippen LogP contribution in [0.4, 0.5) is 0 Å². The van der Waals surface area contributed by atoms with E-state index in [9.17, 15) is 0 Å². The first-order chi connectivity index (χ1) is 12.3. The molecule has 1 heterocycles. The minimum atomic E-state index is 0.689. The number of aromatic nitrogens is 3. The van der Waals surface area contributed by atoms with Gasteiger partial charge in [-0.3, -0.25) is 0 Å². The third kappa shape index (κ3) is 3.54. The number of hydrogen-bond donors (Lipinski definition) is 0. The lowest BCUT2D eigenvalue weighted by molar-refractivity contribution is 0.695. The quantitative estimate of drug-likeness (QED) is 0.466. The van der Waals surface area contributed by atoms with Gasteiger partial charge in [0, 0.05) is 15.6 Å². The zero-order chi connectivity index (χ0) is 17.1. The highest BCUT2D eigenvalue weighted by Crippen LogP contribution is 2.24. The number of halogens is 1. The van der Waals surface area contributed by atoms with Crippen molar-refractivity contribution in [1.29, 1.82) is 0 Å². The van der Waals surface area contributed by atoms with Crippen LogP contribution in [0.15, 0.2) is 89.4 Å². The lowest BCUT2D eigenvalue weighted by Crippen LogP contribution is -2.04. The summed E-state index contributed by atoms with van der Waals surface area (Å²) in [6.45, 7) is 0.689. The highest BCUT2D eigenvalue weighted by Gasteiger charge is 2.13. The summed E-state index contributed by atoms with van der Waals surface area (Å²) in [7, 11) is 0. The highest BCUT2D eigenvalue weighted by atomic mass is 79.9. The fourth-order valence-electron chi connectivity index (χ4n) is 2.73. The van der Waals surface area contributed by atoms with Crippen molar-refractivity contribution in [3.05, 3.63) is 95.0 Å². The Hall–Kier alpha value is -2.72. The van der Waals surface area contributed by atoms with Crippen molar-refractivity contribution in [1.82, 2.24) is 14.8 Å². The molecule has 0 saturated carbocycles. The summed E-state index contributed by atoms with van der Waals surface area (Å²) in [6, 6.07) is 28.6. The average molecular weight is 390 g/mol. The molecule has 1 aromatic heterocycles. The van der Waals surface area contributed by atoms with E-state index in [1.807, 2.05) is 65.3 Å².